The topological polar surface area (TPSA) is 56.8 Å². The lowest BCUT2D eigenvalue weighted by molar-refractivity contribution is -0.128. The average molecular weight is 369 g/mol. The van der Waals surface area contributed by atoms with E-state index in [4.69, 9.17) is 14.2 Å². The number of carbonyl (C=O) groups is 1. The zero-order valence-corrected chi connectivity index (χ0v) is 16.5. The molecule has 0 bridgehead atoms. The quantitative estimate of drug-likeness (QED) is 0.859. The van der Waals surface area contributed by atoms with Gasteiger partial charge in [0.25, 0.3) is 5.91 Å². The smallest absolute Gasteiger partial charge is 0.261 e. The first-order valence-electron chi connectivity index (χ1n) is 9.19. The van der Waals surface area contributed by atoms with Crippen LogP contribution in [-0.4, -0.2) is 24.7 Å². The molecular formula is C22H27NO4. The second-order valence-corrected chi connectivity index (χ2v) is 7.56. The lowest BCUT2D eigenvalue weighted by Crippen LogP contribution is -2.44. The van der Waals surface area contributed by atoms with Gasteiger partial charge in [-0.2, -0.15) is 0 Å². The third kappa shape index (κ3) is 4.35. The molecule has 0 aromatic heterocycles. The van der Waals surface area contributed by atoms with E-state index in [2.05, 4.69) is 5.32 Å². The van der Waals surface area contributed by atoms with Crippen LogP contribution in [0.15, 0.2) is 42.5 Å². The number of rotatable bonds is 5. The van der Waals surface area contributed by atoms with Crippen LogP contribution in [0.5, 0.6) is 17.2 Å². The summed E-state index contributed by atoms with van der Waals surface area (Å²) in [6.07, 6.45) is 0.0774. The van der Waals surface area contributed by atoms with Crippen molar-refractivity contribution in [3.63, 3.8) is 0 Å². The molecule has 1 N–H and O–H groups in total. The van der Waals surface area contributed by atoms with Crippen LogP contribution in [0, 0.1) is 6.92 Å². The fraction of sp³-hybridized carbons (Fsp3) is 0.409. The molecule has 0 unspecified atom stereocenters. The molecule has 2 aromatic rings. The van der Waals surface area contributed by atoms with E-state index in [1.54, 1.807) is 14.0 Å². The van der Waals surface area contributed by atoms with E-state index in [1.807, 2.05) is 63.2 Å². The summed E-state index contributed by atoms with van der Waals surface area (Å²) in [6, 6.07) is 13.2. The molecule has 27 heavy (non-hydrogen) atoms. The number of nitrogens with one attached hydrogen (secondary N) is 1. The van der Waals surface area contributed by atoms with Crippen molar-refractivity contribution >= 4 is 5.91 Å². The predicted octanol–water partition coefficient (Wildman–Crippen LogP) is 4.19. The number of carbonyl (C=O) groups excluding carboxylic acids is 1. The number of aryl methyl sites for hydroxylation is 1. The van der Waals surface area contributed by atoms with Crippen molar-refractivity contribution in [1.82, 2.24) is 5.32 Å². The Labute approximate surface area is 160 Å². The van der Waals surface area contributed by atoms with E-state index in [1.165, 1.54) is 0 Å². The Morgan fingerprint density at radius 3 is 2.70 bits per heavy atom. The number of benzene rings is 2. The number of ether oxygens (including phenoxy) is 3. The molecule has 0 aliphatic carbocycles. The van der Waals surface area contributed by atoms with Crippen molar-refractivity contribution in [3.8, 4) is 17.2 Å². The highest BCUT2D eigenvalue weighted by molar-refractivity contribution is 5.81. The fourth-order valence-electron chi connectivity index (χ4n) is 3.31. The van der Waals surface area contributed by atoms with Crippen LogP contribution >= 0.6 is 0 Å². The molecule has 0 spiro atoms. The number of methoxy groups -OCH3 is 1. The van der Waals surface area contributed by atoms with E-state index in [0.29, 0.717) is 6.42 Å². The third-order valence-electron chi connectivity index (χ3n) is 4.76. The standard InChI is InChI=1S/C22H27NO4/c1-14-8-6-7-9-19(14)26-15(2)21(24)23-18-13-22(3,4)27-20-12-16(25-5)10-11-17(18)20/h6-12,15,18H,13H2,1-5H3,(H,23,24)/t15-,18-/m1/s1. The molecular weight excluding hydrogens is 342 g/mol. The fourth-order valence-corrected chi connectivity index (χ4v) is 3.31. The summed E-state index contributed by atoms with van der Waals surface area (Å²) in [6.45, 7) is 7.76. The summed E-state index contributed by atoms with van der Waals surface area (Å²) in [5, 5.41) is 3.12. The zero-order valence-electron chi connectivity index (χ0n) is 16.5. The summed E-state index contributed by atoms with van der Waals surface area (Å²) < 4.78 is 17.2. The molecule has 2 aromatic carbocycles. The van der Waals surface area contributed by atoms with Gasteiger partial charge in [-0.25, -0.2) is 0 Å². The summed E-state index contributed by atoms with van der Waals surface area (Å²) in [5.41, 5.74) is 1.56. The molecule has 0 saturated heterocycles. The van der Waals surface area contributed by atoms with Gasteiger partial charge in [-0.05, 0) is 51.5 Å². The van der Waals surface area contributed by atoms with Crippen LogP contribution < -0.4 is 19.5 Å². The van der Waals surface area contributed by atoms with Gasteiger partial charge in [-0.1, -0.05) is 18.2 Å². The summed E-state index contributed by atoms with van der Waals surface area (Å²) >= 11 is 0. The summed E-state index contributed by atoms with van der Waals surface area (Å²) in [4.78, 5) is 12.8. The van der Waals surface area contributed by atoms with Gasteiger partial charge < -0.3 is 19.5 Å². The molecule has 1 aliphatic rings. The van der Waals surface area contributed by atoms with Crippen LogP contribution in [0.1, 0.15) is 44.4 Å². The van der Waals surface area contributed by atoms with Crippen LogP contribution in [0.3, 0.4) is 0 Å². The molecule has 1 amide bonds. The monoisotopic (exact) mass is 369 g/mol. The zero-order chi connectivity index (χ0) is 19.6. The lowest BCUT2D eigenvalue weighted by atomic mass is 9.89. The van der Waals surface area contributed by atoms with Gasteiger partial charge in [-0.15, -0.1) is 0 Å². The molecule has 5 nitrogen and oxygen atoms in total. The van der Waals surface area contributed by atoms with Crippen molar-refractivity contribution in [2.45, 2.75) is 51.9 Å². The Hall–Kier alpha value is -2.69. The van der Waals surface area contributed by atoms with Gasteiger partial charge in [0, 0.05) is 18.1 Å². The maximum Gasteiger partial charge on any atom is 0.261 e. The minimum Gasteiger partial charge on any atom is -0.497 e. The van der Waals surface area contributed by atoms with Crippen LogP contribution in [0.4, 0.5) is 0 Å². The molecule has 144 valence electrons. The molecule has 0 saturated carbocycles. The van der Waals surface area contributed by atoms with E-state index >= 15 is 0 Å². The second-order valence-electron chi connectivity index (χ2n) is 7.56. The van der Waals surface area contributed by atoms with Gasteiger partial charge in [0.1, 0.15) is 22.8 Å². The first-order valence-corrected chi connectivity index (χ1v) is 9.19. The maximum atomic E-state index is 12.8. The van der Waals surface area contributed by atoms with Crippen molar-refractivity contribution in [2.24, 2.45) is 0 Å². The number of hydrogen-bond acceptors (Lipinski definition) is 4. The molecule has 5 heteroatoms. The van der Waals surface area contributed by atoms with Crippen molar-refractivity contribution in [2.75, 3.05) is 7.11 Å². The highest BCUT2D eigenvalue weighted by Crippen LogP contribution is 2.41. The molecule has 0 fully saturated rings. The summed E-state index contributed by atoms with van der Waals surface area (Å²) in [7, 11) is 1.62. The minimum atomic E-state index is -0.598. The Morgan fingerprint density at radius 1 is 1.26 bits per heavy atom. The van der Waals surface area contributed by atoms with Crippen molar-refractivity contribution in [3.05, 3.63) is 53.6 Å². The Balaban J connectivity index is 1.76. The lowest BCUT2D eigenvalue weighted by Gasteiger charge is -2.38. The number of fused-ring (bicyclic) bond motifs is 1. The number of amides is 1. The predicted molar refractivity (Wildman–Crippen MR) is 104 cm³/mol. The average Bonchev–Trinajstić information content (AvgIpc) is 2.62. The van der Waals surface area contributed by atoms with Gasteiger partial charge >= 0.3 is 0 Å². The van der Waals surface area contributed by atoms with Crippen LogP contribution in [0.25, 0.3) is 0 Å². The second kappa shape index (κ2) is 7.51. The largest absolute Gasteiger partial charge is 0.497 e. The van der Waals surface area contributed by atoms with E-state index in [9.17, 15) is 4.79 Å². The van der Waals surface area contributed by atoms with E-state index in [-0.39, 0.29) is 11.9 Å². The number of para-hydroxylation sites is 1. The molecule has 1 aliphatic heterocycles. The van der Waals surface area contributed by atoms with E-state index < -0.39 is 11.7 Å². The first kappa shape index (κ1) is 19.1. The normalized spacial score (nSPS) is 18.6. The van der Waals surface area contributed by atoms with Crippen molar-refractivity contribution < 1.29 is 19.0 Å². The Bertz CT molecular complexity index is 831. The molecule has 3 rings (SSSR count). The Kier molecular flexibility index (Phi) is 5.31. The minimum absolute atomic E-state index is 0.148. The van der Waals surface area contributed by atoms with Crippen molar-refractivity contribution in [1.29, 1.82) is 0 Å². The molecule has 0 radical (unpaired) electrons. The van der Waals surface area contributed by atoms with Gasteiger partial charge in [-0.3, -0.25) is 4.79 Å². The summed E-state index contributed by atoms with van der Waals surface area (Å²) in [5.74, 6) is 2.04. The van der Waals surface area contributed by atoms with Gasteiger partial charge in [0.15, 0.2) is 6.10 Å². The molecule has 2 atom stereocenters. The van der Waals surface area contributed by atoms with Gasteiger partial charge in [0.05, 0.1) is 13.2 Å². The first-order chi connectivity index (χ1) is 12.8. The van der Waals surface area contributed by atoms with Crippen LogP contribution in [0.2, 0.25) is 0 Å². The third-order valence-corrected chi connectivity index (χ3v) is 4.76. The van der Waals surface area contributed by atoms with Crippen LogP contribution in [-0.2, 0) is 4.79 Å². The highest BCUT2D eigenvalue weighted by atomic mass is 16.5. The highest BCUT2D eigenvalue weighted by Gasteiger charge is 2.35. The SMILES string of the molecule is COc1ccc2c(c1)OC(C)(C)C[C@H]2NC(=O)[C@@H](C)Oc1ccccc1C. The number of hydrogen-bond donors (Lipinski definition) is 1. The molecule has 1 heterocycles. The Morgan fingerprint density at radius 2 is 2.00 bits per heavy atom. The maximum absolute atomic E-state index is 12.8. The van der Waals surface area contributed by atoms with E-state index in [0.717, 1.165) is 28.4 Å². The van der Waals surface area contributed by atoms with Gasteiger partial charge in [0.2, 0.25) is 0 Å².